The van der Waals surface area contributed by atoms with Crippen LogP contribution in [0.15, 0.2) is 18.2 Å². The minimum Gasteiger partial charge on any atom is -0.278 e. The van der Waals surface area contributed by atoms with Crippen molar-refractivity contribution >= 4 is 28.7 Å². The van der Waals surface area contributed by atoms with E-state index in [1.165, 1.54) is 4.90 Å². The number of nitrogens with one attached hydrogen (secondary N) is 1. The van der Waals surface area contributed by atoms with Crippen LogP contribution in [0.4, 0.5) is 23.8 Å². The van der Waals surface area contributed by atoms with Crippen LogP contribution in [-0.2, 0) is 4.79 Å². The average Bonchev–Trinajstić information content (AvgIpc) is 2.84. The maximum atomic E-state index is 13.1. The number of anilines is 1. The first-order valence-corrected chi connectivity index (χ1v) is 7.35. The number of hydrogen-bond acceptors (Lipinski definition) is 3. The number of urea groups is 1. The van der Waals surface area contributed by atoms with E-state index in [9.17, 15) is 22.8 Å². The van der Waals surface area contributed by atoms with Gasteiger partial charge in [-0.3, -0.25) is 19.7 Å². The molecule has 1 aliphatic heterocycles. The summed E-state index contributed by atoms with van der Waals surface area (Å²) in [6, 6.07) is 2.40. The van der Waals surface area contributed by atoms with Gasteiger partial charge in [-0.05, 0) is 26.0 Å². The molecule has 1 atom stereocenters. The van der Waals surface area contributed by atoms with Gasteiger partial charge in [0.1, 0.15) is 6.04 Å². The number of nitrogens with zero attached hydrogens (tertiary/aromatic N) is 3. The number of halogens is 3. The fourth-order valence-corrected chi connectivity index (χ4v) is 2.64. The summed E-state index contributed by atoms with van der Waals surface area (Å²) in [4.78, 5) is 24.5. The normalized spacial score (nSPS) is 17.3. The zero-order chi connectivity index (χ0) is 17.6. The smallest absolute Gasteiger partial charge is 0.278 e. The number of fused-ring (bicyclic) bond motifs is 1. The number of rotatable bonds is 2. The van der Waals surface area contributed by atoms with E-state index in [1.54, 1.807) is 25.1 Å². The highest BCUT2D eigenvalue weighted by atomic mass is 19.4. The number of carbonyl (C=O) groups is 2. The minimum atomic E-state index is -4.47. The first kappa shape index (κ1) is 16.3. The second-order valence-electron chi connectivity index (χ2n) is 5.76. The topological polar surface area (TPSA) is 67.2 Å². The fourth-order valence-electron chi connectivity index (χ4n) is 2.64. The van der Waals surface area contributed by atoms with Gasteiger partial charge in [-0.25, -0.2) is 4.79 Å². The molecule has 128 valence electrons. The molecule has 0 radical (unpaired) electrons. The molecule has 0 spiro atoms. The van der Waals surface area contributed by atoms with Crippen molar-refractivity contribution in [1.82, 2.24) is 15.1 Å². The lowest BCUT2D eigenvalue weighted by Crippen LogP contribution is -2.49. The third kappa shape index (κ3) is 2.70. The second kappa shape index (κ2) is 5.50. The number of imide groups is 1. The van der Waals surface area contributed by atoms with Crippen LogP contribution in [0.3, 0.4) is 0 Å². The Labute approximate surface area is 135 Å². The molecule has 1 aromatic heterocycles. The minimum absolute atomic E-state index is 0.0702. The van der Waals surface area contributed by atoms with Crippen LogP contribution in [0.1, 0.15) is 24.9 Å². The van der Waals surface area contributed by atoms with Gasteiger partial charge in [-0.2, -0.15) is 18.3 Å². The maximum absolute atomic E-state index is 13.1. The van der Waals surface area contributed by atoms with Crippen molar-refractivity contribution in [3.05, 3.63) is 23.8 Å². The summed E-state index contributed by atoms with van der Waals surface area (Å²) >= 11 is 0. The first-order chi connectivity index (χ1) is 11.2. The van der Waals surface area contributed by atoms with Gasteiger partial charge < -0.3 is 0 Å². The number of benzene rings is 1. The molecule has 0 saturated carbocycles. The third-order valence-electron chi connectivity index (χ3n) is 3.99. The fraction of sp³-hybridized carbons (Fsp3) is 0.400. The Bertz CT molecular complexity index is 828. The van der Waals surface area contributed by atoms with E-state index < -0.39 is 24.2 Å². The van der Waals surface area contributed by atoms with Gasteiger partial charge in [0.05, 0.1) is 5.52 Å². The van der Waals surface area contributed by atoms with Crippen LogP contribution >= 0.6 is 0 Å². The van der Waals surface area contributed by atoms with Gasteiger partial charge in [0.2, 0.25) is 5.91 Å². The SMILES string of the molecule is Cc1ccc2c(c1)c(N1CCC(=O)NC1=O)nn2C(C)C(F)(F)F. The average molecular weight is 340 g/mol. The summed E-state index contributed by atoms with van der Waals surface area (Å²) in [5.74, 6) is -0.297. The molecule has 0 aliphatic carbocycles. The van der Waals surface area contributed by atoms with Crippen LogP contribution < -0.4 is 10.2 Å². The van der Waals surface area contributed by atoms with E-state index in [1.807, 2.05) is 0 Å². The summed E-state index contributed by atoms with van der Waals surface area (Å²) in [6.45, 7) is 2.88. The van der Waals surface area contributed by atoms with Crippen molar-refractivity contribution in [2.24, 2.45) is 0 Å². The van der Waals surface area contributed by atoms with Crippen molar-refractivity contribution in [2.75, 3.05) is 11.4 Å². The van der Waals surface area contributed by atoms with Crippen LogP contribution in [0.25, 0.3) is 10.9 Å². The summed E-state index contributed by atoms with van der Waals surface area (Å²) in [6.07, 6.45) is -4.40. The highest BCUT2D eigenvalue weighted by Gasteiger charge is 2.40. The number of amides is 3. The molecule has 1 aromatic carbocycles. The van der Waals surface area contributed by atoms with Crippen molar-refractivity contribution in [3.8, 4) is 0 Å². The lowest BCUT2D eigenvalue weighted by Gasteiger charge is -2.24. The molecule has 3 rings (SSSR count). The molecule has 6 nitrogen and oxygen atoms in total. The van der Waals surface area contributed by atoms with E-state index >= 15 is 0 Å². The summed E-state index contributed by atoms with van der Waals surface area (Å²) in [5.41, 5.74) is 1.11. The quantitative estimate of drug-likeness (QED) is 0.914. The van der Waals surface area contributed by atoms with Crippen molar-refractivity contribution in [1.29, 1.82) is 0 Å². The molecule has 9 heteroatoms. The van der Waals surface area contributed by atoms with E-state index in [0.717, 1.165) is 17.2 Å². The first-order valence-electron chi connectivity index (χ1n) is 7.35. The Hall–Kier alpha value is -2.58. The summed E-state index contributed by atoms with van der Waals surface area (Å²) in [7, 11) is 0. The van der Waals surface area contributed by atoms with Crippen molar-refractivity contribution in [3.63, 3.8) is 0 Å². The number of aryl methyl sites for hydroxylation is 1. The number of carbonyl (C=O) groups excluding carboxylic acids is 2. The van der Waals surface area contributed by atoms with Gasteiger partial charge in [0.15, 0.2) is 5.82 Å². The van der Waals surface area contributed by atoms with E-state index in [2.05, 4.69) is 10.4 Å². The Morgan fingerprint density at radius 2 is 2.00 bits per heavy atom. The van der Waals surface area contributed by atoms with Crippen LogP contribution in [0.2, 0.25) is 0 Å². The molecular formula is C15H15F3N4O2. The predicted molar refractivity (Wildman–Crippen MR) is 80.7 cm³/mol. The molecule has 0 bridgehead atoms. The summed E-state index contributed by atoms with van der Waals surface area (Å²) < 4.78 is 40.2. The zero-order valence-corrected chi connectivity index (χ0v) is 13.0. The summed E-state index contributed by atoms with van der Waals surface area (Å²) in [5, 5.41) is 6.64. The van der Waals surface area contributed by atoms with Crippen molar-refractivity contribution < 1.29 is 22.8 Å². The molecule has 1 unspecified atom stereocenters. The standard InChI is InChI=1S/C15H15F3N4O2/c1-8-3-4-11-10(7-8)13(20-22(11)9(2)15(16,17)18)21-6-5-12(23)19-14(21)24/h3-4,7,9H,5-6H2,1-2H3,(H,19,23,24). The molecular weight excluding hydrogens is 325 g/mol. The third-order valence-corrected chi connectivity index (χ3v) is 3.99. The van der Waals surface area contributed by atoms with Crippen molar-refractivity contribution in [2.45, 2.75) is 32.5 Å². The molecule has 1 saturated heterocycles. The Morgan fingerprint density at radius 3 is 2.62 bits per heavy atom. The monoisotopic (exact) mass is 340 g/mol. The Kier molecular flexibility index (Phi) is 3.73. The van der Waals surface area contributed by atoms with Gasteiger partial charge in [0.25, 0.3) is 0 Å². The van der Waals surface area contributed by atoms with Crippen LogP contribution in [-0.4, -0.2) is 34.4 Å². The Balaban J connectivity index is 2.16. The molecule has 1 N–H and O–H groups in total. The molecule has 3 amide bonds. The van der Waals surface area contributed by atoms with Gasteiger partial charge in [-0.15, -0.1) is 0 Å². The largest absolute Gasteiger partial charge is 0.410 e. The number of aromatic nitrogens is 2. The Morgan fingerprint density at radius 1 is 1.29 bits per heavy atom. The maximum Gasteiger partial charge on any atom is 0.410 e. The highest BCUT2D eigenvalue weighted by Crippen LogP contribution is 2.36. The van der Waals surface area contributed by atoms with E-state index in [0.29, 0.717) is 5.39 Å². The van der Waals surface area contributed by atoms with Gasteiger partial charge >= 0.3 is 12.2 Å². The van der Waals surface area contributed by atoms with Crippen LogP contribution in [0, 0.1) is 6.92 Å². The lowest BCUT2D eigenvalue weighted by molar-refractivity contribution is -0.164. The molecule has 1 fully saturated rings. The zero-order valence-electron chi connectivity index (χ0n) is 13.0. The molecule has 1 aliphatic rings. The lowest BCUT2D eigenvalue weighted by atomic mass is 10.1. The van der Waals surface area contributed by atoms with Crippen LogP contribution in [0.5, 0.6) is 0 Å². The predicted octanol–water partition coefficient (Wildman–Crippen LogP) is 2.91. The van der Waals surface area contributed by atoms with E-state index in [4.69, 9.17) is 0 Å². The number of alkyl halides is 3. The molecule has 24 heavy (non-hydrogen) atoms. The van der Waals surface area contributed by atoms with E-state index in [-0.39, 0.29) is 24.3 Å². The molecule has 2 aromatic rings. The number of hydrogen-bond donors (Lipinski definition) is 1. The van der Waals surface area contributed by atoms with Gasteiger partial charge in [-0.1, -0.05) is 11.6 Å². The molecule has 2 heterocycles. The highest BCUT2D eigenvalue weighted by molar-refractivity contribution is 6.08. The second-order valence-corrected chi connectivity index (χ2v) is 5.76. The van der Waals surface area contributed by atoms with Gasteiger partial charge in [0, 0.05) is 18.4 Å².